The highest BCUT2D eigenvalue weighted by molar-refractivity contribution is 8.14. The van der Waals surface area contributed by atoms with Gasteiger partial charge in [-0.1, -0.05) is 68.1 Å². The first kappa shape index (κ1) is 30.1. The van der Waals surface area contributed by atoms with Crippen LogP contribution in [0, 0.1) is 0 Å². The molecule has 1 saturated heterocycles. The van der Waals surface area contributed by atoms with Crippen molar-refractivity contribution in [2.24, 2.45) is 4.99 Å². The van der Waals surface area contributed by atoms with E-state index in [0.717, 1.165) is 40.7 Å². The molecule has 5 rings (SSSR count). The van der Waals surface area contributed by atoms with Crippen molar-refractivity contribution in [1.29, 1.82) is 0 Å². The van der Waals surface area contributed by atoms with Crippen LogP contribution in [0.4, 0.5) is 23.7 Å². The van der Waals surface area contributed by atoms with Gasteiger partial charge in [-0.25, -0.2) is 14.5 Å². The van der Waals surface area contributed by atoms with Gasteiger partial charge >= 0.3 is 12.4 Å². The number of amidine groups is 1. The molecule has 8 nitrogen and oxygen atoms in total. The summed E-state index contributed by atoms with van der Waals surface area (Å²) >= 11 is 1.60. The normalized spacial score (nSPS) is 14.7. The first-order valence-electron chi connectivity index (χ1n) is 13.9. The number of nitrogens with one attached hydrogen (secondary N) is 1. The Morgan fingerprint density at radius 3 is 2.53 bits per heavy atom. The predicted octanol–water partition coefficient (Wildman–Crippen LogP) is 7.21. The fourth-order valence-electron chi connectivity index (χ4n) is 4.68. The Bertz CT molecular complexity index is 1570. The van der Waals surface area contributed by atoms with Crippen LogP contribution in [0.1, 0.15) is 37.3 Å². The molecule has 1 aliphatic rings. The van der Waals surface area contributed by atoms with E-state index in [-0.39, 0.29) is 11.8 Å². The largest absolute Gasteiger partial charge is 0.573 e. The van der Waals surface area contributed by atoms with E-state index in [0.29, 0.717) is 30.4 Å². The fourth-order valence-corrected chi connectivity index (χ4v) is 5.63. The molecule has 0 unspecified atom stereocenters. The number of aliphatic imine (C=N–C) groups is 1. The summed E-state index contributed by atoms with van der Waals surface area (Å²) in [6.07, 6.45) is -1.60. The van der Waals surface area contributed by atoms with Crippen molar-refractivity contribution in [1.82, 2.24) is 20.1 Å². The maximum Gasteiger partial charge on any atom is 0.573 e. The lowest BCUT2D eigenvalue weighted by Crippen LogP contribution is -2.36. The number of rotatable bonds is 8. The van der Waals surface area contributed by atoms with Crippen molar-refractivity contribution in [3.05, 3.63) is 90.3 Å². The number of aromatic nitrogens is 3. The smallest absolute Gasteiger partial charge is 0.406 e. The van der Waals surface area contributed by atoms with Crippen LogP contribution in [0.3, 0.4) is 0 Å². The monoisotopic (exact) mass is 608 g/mol. The number of anilines is 1. The van der Waals surface area contributed by atoms with Crippen LogP contribution in [0.5, 0.6) is 5.75 Å². The van der Waals surface area contributed by atoms with Crippen molar-refractivity contribution in [3.63, 3.8) is 0 Å². The second-order valence-corrected chi connectivity index (χ2v) is 11.3. The summed E-state index contributed by atoms with van der Waals surface area (Å²) in [6, 6.07) is 21.0. The van der Waals surface area contributed by atoms with E-state index < -0.39 is 6.36 Å². The number of ether oxygens (including phenoxy) is 1. The van der Waals surface area contributed by atoms with Crippen molar-refractivity contribution in [2.75, 3.05) is 23.7 Å². The van der Waals surface area contributed by atoms with Crippen LogP contribution in [0.15, 0.2) is 84.1 Å². The molecular formula is C31H31F3N6O2S. The number of nitrogens with zero attached hydrogens (tertiary/aromatic N) is 5. The quantitative estimate of drug-likeness (QED) is 0.228. The highest BCUT2D eigenvalue weighted by Crippen LogP contribution is 2.32. The lowest BCUT2D eigenvalue weighted by atomic mass is 10.0. The lowest BCUT2D eigenvalue weighted by Gasteiger charge is -2.31. The van der Waals surface area contributed by atoms with Crippen LogP contribution in [-0.2, 0) is 6.42 Å². The van der Waals surface area contributed by atoms with Crippen molar-refractivity contribution < 1.29 is 22.7 Å². The fraction of sp³-hybridized carbons (Fsp3) is 0.290. The zero-order valence-corrected chi connectivity index (χ0v) is 24.5. The molecule has 2 heterocycles. The molecule has 3 aromatic carbocycles. The molecule has 1 fully saturated rings. The minimum atomic E-state index is -4.75. The van der Waals surface area contributed by atoms with E-state index in [9.17, 15) is 18.0 Å². The molecule has 0 saturated carbocycles. The predicted molar refractivity (Wildman–Crippen MR) is 163 cm³/mol. The van der Waals surface area contributed by atoms with Crippen molar-refractivity contribution in [2.45, 2.75) is 39.0 Å². The number of alkyl halides is 3. The minimum absolute atomic E-state index is 0.307. The van der Waals surface area contributed by atoms with Gasteiger partial charge in [0.2, 0.25) is 0 Å². The number of hydrogen-bond acceptors (Lipinski definition) is 5. The summed E-state index contributed by atoms with van der Waals surface area (Å²) in [6.45, 7) is 5.59. The van der Waals surface area contributed by atoms with Crippen LogP contribution >= 0.6 is 11.8 Å². The maximum absolute atomic E-state index is 12.7. The van der Waals surface area contributed by atoms with E-state index in [1.165, 1.54) is 40.8 Å². The van der Waals surface area contributed by atoms with Gasteiger partial charge in [0, 0.05) is 30.1 Å². The lowest BCUT2D eigenvalue weighted by molar-refractivity contribution is -0.274. The van der Waals surface area contributed by atoms with E-state index in [1.54, 1.807) is 11.8 Å². The van der Waals surface area contributed by atoms with Gasteiger partial charge in [0.25, 0.3) is 0 Å². The van der Waals surface area contributed by atoms with E-state index in [1.807, 2.05) is 36.4 Å². The zero-order valence-electron chi connectivity index (χ0n) is 23.7. The standard InChI is InChI=1S/C31H31F3N6O2S/c1-21(2)26-6-3-4-7-27(26)39-18-5-19-43-30(39)37-29(41)35-17-16-22-8-10-23(11-9-22)28-36-20-40(38-28)24-12-14-25(15-13-24)42-31(32,33)34/h3-4,6-15,20-21H,5,16-19H2,1-2H3,(H,35,41)/b37-30-. The number of thioether (sulfide) groups is 1. The summed E-state index contributed by atoms with van der Waals surface area (Å²) in [5.41, 5.74) is 4.69. The van der Waals surface area contributed by atoms with Gasteiger partial charge in [0.15, 0.2) is 11.0 Å². The summed E-state index contributed by atoms with van der Waals surface area (Å²) in [5, 5.41) is 8.06. The minimum Gasteiger partial charge on any atom is -0.406 e. The number of carbonyl (C=O) groups is 1. The molecule has 224 valence electrons. The van der Waals surface area contributed by atoms with Gasteiger partial charge in [-0.05, 0) is 60.2 Å². The number of para-hydroxylation sites is 1. The third-order valence-corrected chi connectivity index (χ3v) is 7.83. The SMILES string of the molecule is CC(C)c1ccccc1N1CCCS/C1=N\C(=O)NCCc1ccc(-c2ncn(-c3ccc(OC(F)(F)F)cc3)n2)cc1. The highest BCUT2D eigenvalue weighted by Gasteiger charge is 2.31. The molecule has 0 aliphatic carbocycles. The Morgan fingerprint density at radius 1 is 1.07 bits per heavy atom. The van der Waals surface area contributed by atoms with Gasteiger partial charge in [0.05, 0.1) is 5.69 Å². The molecule has 1 aromatic heterocycles. The molecule has 12 heteroatoms. The van der Waals surface area contributed by atoms with E-state index >= 15 is 0 Å². The summed E-state index contributed by atoms with van der Waals surface area (Å²) < 4.78 is 42.6. The van der Waals surface area contributed by atoms with Gasteiger partial charge in [-0.2, -0.15) is 4.99 Å². The Labute approximate surface area is 252 Å². The average Bonchev–Trinajstić information content (AvgIpc) is 3.48. The van der Waals surface area contributed by atoms with Crippen LogP contribution in [0.2, 0.25) is 0 Å². The van der Waals surface area contributed by atoms with Gasteiger partial charge in [0.1, 0.15) is 12.1 Å². The summed E-state index contributed by atoms with van der Waals surface area (Å²) in [5.74, 6) is 1.45. The van der Waals surface area contributed by atoms with Crippen LogP contribution in [0.25, 0.3) is 17.1 Å². The van der Waals surface area contributed by atoms with Crippen molar-refractivity contribution >= 4 is 28.6 Å². The summed E-state index contributed by atoms with van der Waals surface area (Å²) in [4.78, 5) is 23.6. The third kappa shape index (κ3) is 7.95. The van der Waals surface area contributed by atoms with Crippen LogP contribution in [-0.4, -0.2) is 51.2 Å². The second-order valence-electron chi connectivity index (χ2n) is 10.2. The molecule has 0 atom stereocenters. The molecule has 0 radical (unpaired) electrons. The number of urea groups is 1. The highest BCUT2D eigenvalue weighted by atomic mass is 32.2. The first-order chi connectivity index (χ1) is 20.7. The number of benzene rings is 3. The molecule has 1 N–H and O–H groups in total. The van der Waals surface area contributed by atoms with Gasteiger partial charge in [-0.15, -0.1) is 18.3 Å². The molecular weight excluding hydrogens is 577 g/mol. The Morgan fingerprint density at radius 2 is 1.81 bits per heavy atom. The van der Waals surface area contributed by atoms with Gasteiger partial charge < -0.3 is 15.0 Å². The molecule has 0 spiro atoms. The number of halogens is 3. The average molecular weight is 609 g/mol. The Hall–Kier alpha value is -4.32. The number of hydrogen-bond donors (Lipinski definition) is 1. The maximum atomic E-state index is 12.7. The molecule has 43 heavy (non-hydrogen) atoms. The van der Waals surface area contributed by atoms with E-state index in [2.05, 4.69) is 56.0 Å². The number of amides is 2. The van der Waals surface area contributed by atoms with Crippen molar-refractivity contribution in [3.8, 4) is 22.8 Å². The molecule has 0 bridgehead atoms. The Kier molecular flexibility index (Phi) is 9.34. The third-order valence-electron chi connectivity index (χ3n) is 6.76. The van der Waals surface area contributed by atoms with E-state index in [4.69, 9.17) is 0 Å². The Balaban J connectivity index is 1.16. The second kappa shape index (κ2) is 13.3. The van der Waals surface area contributed by atoms with Gasteiger partial charge in [-0.3, -0.25) is 0 Å². The zero-order chi connectivity index (χ0) is 30.4. The topological polar surface area (TPSA) is 84.6 Å². The molecule has 1 aliphatic heterocycles. The molecule has 4 aromatic rings. The first-order valence-corrected chi connectivity index (χ1v) is 14.9. The molecule has 2 amide bonds. The number of carbonyl (C=O) groups excluding carboxylic acids is 1. The van der Waals surface area contributed by atoms with Crippen LogP contribution < -0.4 is 15.0 Å². The summed E-state index contributed by atoms with van der Waals surface area (Å²) in [7, 11) is 0.